The molecule has 2 aromatic rings. The Morgan fingerprint density at radius 1 is 1.09 bits per heavy atom. The maximum Gasteiger partial charge on any atom is 0.358 e. The van der Waals surface area contributed by atoms with E-state index >= 15 is 0 Å². The van der Waals surface area contributed by atoms with Crippen LogP contribution in [0.4, 0.5) is 11.5 Å². The Morgan fingerprint density at radius 3 is 2.22 bits per heavy atom. The number of nitrogens with zero attached hydrogens (tertiary/aromatic N) is 4. The van der Waals surface area contributed by atoms with Gasteiger partial charge in [-0.1, -0.05) is 3.97 Å². The van der Waals surface area contributed by atoms with Crippen LogP contribution < -0.4 is 0 Å². The molecule has 0 spiro atoms. The molecule has 0 radical (unpaired) electrons. The number of nitro groups is 2. The van der Waals surface area contributed by atoms with Crippen LogP contribution in [0.15, 0.2) is 23.2 Å². The Labute approximate surface area is 130 Å². The lowest BCUT2D eigenvalue weighted by molar-refractivity contribution is -0.390. The second-order valence-electron chi connectivity index (χ2n) is 4.83. The zero-order chi connectivity index (χ0) is 17.5. The van der Waals surface area contributed by atoms with Gasteiger partial charge in [0.2, 0.25) is 5.82 Å². The molecule has 0 fully saturated rings. The molecule has 122 valence electrons. The molecule has 0 unspecified atom stereocenters. The van der Waals surface area contributed by atoms with Gasteiger partial charge >= 0.3 is 15.8 Å². The number of imidazole rings is 1. The van der Waals surface area contributed by atoms with Crippen LogP contribution in [-0.4, -0.2) is 27.2 Å². The predicted molar refractivity (Wildman–Crippen MR) is 78.8 cm³/mol. The smallest absolute Gasteiger partial charge is 0.358 e. The summed E-state index contributed by atoms with van der Waals surface area (Å²) in [5, 5.41) is 22.0. The second-order valence-corrected chi connectivity index (χ2v) is 6.62. The predicted octanol–water partition coefficient (Wildman–Crippen LogP) is 1.86. The number of nitro benzene ring substituents is 1. The molecule has 1 aromatic heterocycles. The topological polar surface area (TPSA) is 138 Å². The highest BCUT2D eigenvalue weighted by Gasteiger charge is 2.33. The number of rotatable bonds is 4. The first-order valence-corrected chi connectivity index (χ1v) is 7.71. The first-order chi connectivity index (χ1) is 10.6. The maximum absolute atomic E-state index is 12.7. The van der Waals surface area contributed by atoms with Crippen molar-refractivity contribution in [2.24, 2.45) is 0 Å². The molecule has 0 bridgehead atoms. The van der Waals surface area contributed by atoms with Gasteiger partial charge in [0.05, 0.1) is 4.92 Å². The van der Waals surface area contributed by atoms with Crippen LogP contribution in [0.5, 0.6) is 0 Å². The third-order valence-electron chi connectivity index (χ3n) is 3.40. The summed E-state index contributed by atoms with van der Waals surface area (Å²) in [6, 6.07) is 2.13. The van der Waals surface area contributed by atoms with E-state index in [4.69, 9.17) is 0 Å². The molecule has 2 rings (SSSR count). The molecule has 10 nitrogen and oxygen atoms in total. The molecule has 0 aliphatic carbocycles. The lowest BCUT2D eigenvalue weighted by atomic mass is 10.1. The number of hydrogen-bond donors (Lipinski definition) is 0. The quantitative estimate of drug-likeness (QED) is 0.611. The lowest BCUT2D eigenvalue weighted by Crippen LogP contribution is -2.17. The van der Waals surface area contributed by atoms with Crippen LogP contribution in [0.3, 0.4) is 0 Å². The first kappa shape index (κ1) is 16.5. The minimum Gasteiger partial charge on any atom is -0.358 e. The Kier molecular flexibility index (Phi) is 3.90. The van der Waals surface area contributed by atoms with Gasteiger partial charge in [0.15, 0.2) is 0 Å². The van der Waals surface area contributed by atoms with Crippen molar-refractivity contribution in [1.82, 2.24) is 8.96 Å². The molecule has 1 heterocycles. The van der Waals surface area contributed by atoms with Gasteiger partial charge in [-0.25, -0.2) is 4.98 Å². The molecule has 0 saturated carbocycles. The second kappa shape index (κ2) is 5.43. The molecule has 0 aliphatic heterocycles. The fourth-order valence-corrected chi connectivity index (χ4v) is 3.64. The van der Waals surface area contributed by atoms with Gasteiger partial charge in [-0.2, -0.15) is 8.42 Å². The summed E-state index contributed by atoms with van der Waals surface area (Å²) in [5.74, 6) is -0.846. The lowest BCUT2D eigenvalue weighted by Gasteiger charge is -2.07. The van der Waals surface area contributed by atoms with Gasteiger partial charge in [0.1, 0.15) is 11.1 Å². The third kappa shape index (κ3) is 2.65. The number of hydrogen-bond acceptors (Lipinski definition) is 7. The third-order valence-corrected chi connectivity index (χ3v) is 5.17. The molecule has 0 N–H and O–H groups in total. The van der Waals surface area contributed by atoms with Gasteiger partial charge in [-0.15, -0.1) is 0 Å². The van der Waals surface area contributed by atoms with Crippen molar-refractivity contribution in [3.8, 4) is 0 Å². The molecule has 0 atom stereocenters. The van der Waals surface area contributed by atoms with Crippen molar-refractivity contribution in [1.29, 1.82) is 0 Å². The number of benzene rings is 1. The fourth-order valence-electron chi connectivity index (χ4n) is 2.09. The molecule has 0 saturated heterocycles. The van der Waals surface area contributed by atoms with Crippen molar-refractivity contribution in [3.63, 3.8) is 0 Å². The van der Waals surface area contributed by atoms with Gasteiger partial charge in [-0.3, -0.25) is 10.1 Å². The van der Waals surface area contributed by atoms with E-state index in [2.05, 4.69) is 4.98 Å². The standard InChI is InChI=1S/C12H12N4O6S/c1-7-4-10(5-11(8(7)2)15(17)18)23(21,22)14-9(3)13-6-12(14)16(19)20/h4-6H,1-3H3. The summed E-state index contributed by atoms with van der Waals surface area (Å²) < 4.78 is 25.8. The fraction of sp³-hybridized carbons (Fsp3) is 0.250. The largest absolute Gasteiger partial charge is 0.358 e. The van der Waals surface area contributed by atoms with E-state index in [1.807, 2.05) is 0 Å². The van der Waals surface area contributed by atoms with E-state index < -0.39 is 30.6 Å². The molecule has 0 aliphatic rings. The first-order valence-electron chi connectivity index (χ1n) is 6.27. The number of aryl methyl sites for hydroxylation is 2. The maximum atomic E-state index is 12.7. The average Bonchev–Trinajstić information content (AvgIpc) is 2.83. The summed E-state index contributed by atoms with van der Waals surface area (Å²) in [6.45, 7) is 4.31. The summed E-state index contributed by atoms with van der Waals surface area (Å²) >= 11 is 0. The molecule has 1 aromatic carbocycles. The average molecular weight is 340 g/mol. The Balaban J connectivity index is 2.79. The van der Waals surface area contributed by atoms with E-state index in [1.54, 1.807) is 0 Å². The van der Waals surface area contributed by atoms with E-state index in [0.29, 0.717) is 15.1 Å². The van der Waals surface area contributed by atoms with Crippen molar-refractivity contribution >= 4 is 21.5 Å². The summed E-state index contributed by atoms with van der Waals surface area (Å²) in [5.41, 5.74) is 0.341. The Bertz CT molecular complexity index is 931. The van der Waals surface area contributed by atoms with Gasteiger partial charge in [0.25, 0.3) is 5.69 Å². The van der Waals surface area contributed by atoms with Gasteiger partial charge in [0, 0.05) is 18.6 Å². The van der Waals surface area contributed by atoms with E-state index in [9.17, 15) is 28.6 Å². The molecular formula is C12H12N4O6S. The zero-order valence-electron chi connectivity index (χ0n) is 12.4. The molecule has 23 heavy (non-hydrogen) atoms. The van der Waals surface area contributed by atoms with Crippen molar-refractivity contribution in [2.75, 3.05) is 0 Å². The minimum atomic E-state index is -4.39. The van der Waals surface area contributed by atoms with Crippen molar-refractivity contribution < 1.29 is 18.3 Å². The Morgan fingerprint density at radius 2 is 1.70 bits per heavy atom. The van der Waals surface area contributed by atoms with Crippen molar-refractivity contribution in [3.05, 3.63) is 55.5 Å². The molecule has 0 amide bonds. The summed E-state index contributed by atoms with van der Waals surface area (Å²) in [6.07, 6.45) is 0.822. The van der Waals surface area contributed by atoms with Crippen LogP contribution in [0.25, 0.3) is 0 Å². The normalized spacial score (nSPS) is 11.4. The highest BCUT2D eigenvalue weighted by atomic mass is 32.2. The van der Waals surface area contributed by atoms with Gasteiger partial charge in [-0.05, 0) is 30.4 Å². The SMILES string of the molecule is Cc1cc(S(=O)(=O)n2c([N+](=O)[O-])cnc2C)cc([N+](=O)[O-])c1C. The summed E-state index contributed by atoms with van der Waals surface area (Å²) in [4.78, 5) is 23.7. The zero-order valence-corrected chi connectivity index (χ0v) is 13.2. The highest BCUT2D eigenvalue weighted by molar-refractivity contribution is 7.90. The highest BCUT2D eigenvalue weighted by Crippen LogP contribution is 2.29. The van der Waals surface area contributed by atoms with Crippen LogP contribution in [0, 0.1) is 41.0 Å². The van der Waals surface area contributed by atoms with E-state index in [1.165, 1.54) is 26.8 Å². The Hall–Kier alpha value is -2.82. The van der Waals surface area contributed by atoms with Crippen molar-refractivity contribution in [2.45, 2.75) is 25.7 Å². The van der Waals surface area contributed by atoms with Crippen LogP contribution in [0.2, 0.25) is 0 Å². The van der Waals surface area contributed by atoms with Crippen LogP contribution in [-0.2, 0) is 10.0 Å². The van der Waals surface area contributed by atoms with Gasteiger partial charge < -0.3 is 10.1 Å². The van der Waals surface area contributed by atoms with E-state index in [-0.39, 0.29) is 11.5 Å². The minimum absolute atomic E-state index is 0.113. The van der Waals surface area contributed by atoms with Crippen LogP contribution >= 0.6 is 0 Å². The molecule has 11 heteroatoms. The monoisotopic (exact) mass is 340 g/mol. The summed E-state index contributed by atoms with van der Waals surface area (Å²) in [7, 11) is -4.39. The number of aromatic nitrogens is 2. The van der Waals surface area contributed by atoms with Crippen LogP contribution in [0.1, 0.15) is 17.0 Å². The van der Waals surface area contributed by atoms with E-state index in [0.717, 1.165) is 12.3 Å². The molecular weight excluding hydrogens is 328 g/mol.